The molecule has 154 valence electrons. The first kappa shape index (κ1) is 19.7. The van der Waals surface area contributed by atoms with Gasteiger partial charge in [-0.15, -0.1) is 0 Å². The molecule has 3 atom stereocenters. The number of aliphatic hydroxyl groups is 1. The van der Waals surface area contributed by atoms with E-state index in [0.717, 1.165) is 31.4 Å². The summed E-state index contributed by atoms with van der Waals surface area (Å²) in [5.74, 6) is 0. The molecule has 2 saturated heterocycles. The van der Waals surface area contributed by atoms with Crippen molar-refractivity contribution in [2.75, 3.05) is 6.54 Å². The highest BCUT2D eigenvalue weighted by Crippen LogP contribution is 2.42. The van der Waals surface area contributed by atoms with Crippen LogP contribution < -0.4 is 5.32 Å². The molecule has 2 heterocycles. The lowest BCUT2D eigenvalue weighted by Gasteiger charge is -2.43. The zero-order valence-corrected chi connectivity index (χ0v) is 16.8. The van der Waals surface area contributed by atoms with Gasteiger partial charge in [-0.25, -0.2) is 4.79 Å². The van der Waals surface area contributed by atoms with Gasteiger partial charge in [-0.05, 0) is 57.1 Å². The van der Waals surface area contributed by atoms with Crippen LogP contribution in [0.15, 0.2) is 30.3 Å². The van der Waals surface area contributed by atoms with Crippen LogP contribution in [-0.2, 0) is 11.3 Å². The van der Waals surface area contributed by atoms with Crippen LogP contribution in [0.4, 0.5) is 4.79 Å². The molecule has 5 heteroatoms. The molecule has 1 unspecified atom stereocenters. The molecule has 28 heavy (non-hydrogen) atoms. The van der Waals surface area contributed by atoms with Gasteiger partial charge in [-0.2, -0.15) is 0 Å². The second-order valence-corrected chi connectivity index (χ2v) is 9.00. The fraction of sp³-hybridized carbons (Fsp3) is 0.696. The van der Waals surface area contributed by atoms with Crippen LogP contribution in [0.3, 0.4) is 0 Å². The monoisotopic (exact) mass is 386 g/mol. The Morgan fingerprint density at radius 3 is 2.43 bits per heavy atom. The summed E-state index contributed by atoms with van der Waals surface area (Å²) >= 11 is 0. The van der Waals surface area contributed by atoms with Crippen molar-refractivity contribution < 1.29 is 14.6 Å². The Morgan fingerprint density at radius 1 is 1.07 bits per heavy atom. The second kappa shape index (κ2) is 8.83. The van der Waals surface area contributed by atoms with Crippen LogP contribution in [0.1, 0.15) is 69.8 Å². The number of carbonyl (C=O) groups excluding carboxylic acids is 1. The van der Waals surface area contributed by atoms with E-state index in [0.29, 0.717) is 25.5 Å². The third-order valence-electron chi connectivity index (χ3n) is 6.90. The molecule has 0 aromatic heterocycles. The predicted octanol–water partition coefficient (Wildman–Crippen LogP) is 3.99. The molecule has 1 aliphatic carbocycles. The first-order valence-electron chi connectivity index (χ1n) is 11.1. The minimum Gasteiger partial charge on any atom is -0.445 e. The zero-order chi connectivity index (χ0) is 19.4. The van der Waals surface area contributed by atoms with Gasteiger partial charge in [0.15, 0.2) is 0 Å². The van der Waals surface area contributed by atoms with E-state index < -0.39 is 5.60 Å². The van der Waals surface area contributed by atoms with Crippen molar-refractivity contribution >= 4 is 6.09 Å². The SMILES string of the molecule is O=C(OCc1ccccc1)N1[C@@H]2CC[C@H]1CC(O)(CCNC1CCCCC1)C2. The van der Waals surface area contributed by atoms with Gasteiger partial charge in [-0.1, -0.05) is 49.6 Å². The summed E-state index contributed by atoms with van der Waals surface area (Å²) < 4.78 is 5.57. The third-order valence-corrected chi connectivity index (χ3v) is 6.90. The molecule has 4 rings (SSSR count). The normalized spacial score (nSPS) is 30.4. The average Bonchev–Trinajstić information content (AvgIpc) is 3.00. The maximum Gasteiger partial charge on any atom is 0.410 e. The van der Waals surface area contributed by atoms with Gasteiger partial charge in [-0.3, -0.25) is 0 Å². The lowest BCUT2D eigenvalue weighted by molar-refractivity contribution is -0.0539. The molecule has 2 bridgehead atoms. The summed E-state index contributed by atoms with van der Waals surface area (Å²) in [4.78, 5) is 14.6. The molecule has 2 aliphatic heterocycles. The summed E-state index contributed by atoms with van der Waals surface area (Å²) in [6.07, 6.45) is 10.4. The van der Waals surface area contributed by atoms with Crippen molar-refractivity contribution in [1.29, 1.82) is 0 Å². The van der Waals surface area contributed by atoms with Crippen LogP contribution in [-0.4, -0.2) is 46.4 Å². The molecule has 3 fully saturated rings. The molecule has 1 saturated carbocycles. The fourth-order valence-corrected chi connectivity index (χ4v) is 5.43. The van der Waals surface area contributed by atoms with E-state index >= 15 is 0 Å². The van der Waals surface area contributed by atoms with E-state index in [1.165, 1.54) is 32.1 Å². The quantitative estimate of drug-likeness (QED) is 0.776. The molecule has 3 aliphatic rings. The number of benzene rings is 1. The fourth-order valence-electron chi connectivity index (χ4n) is 5.43. The molecular weight excluding hydrogens is 352 g/mol. The lowest BCUT2D eigenvalue weighted by atomic mass is 9.83. The summed E-state index contributed by atoms with van der Waals surface area (Å²) in [5.41, 5.74) is 0.356. The smallest absolute Gasteiger partial charge is 0.410 e. The first-order valence-corrected chi connectivity index (χ1v) is 11.1. The Hall–Kier alpha value is -1.59. The third kappa shape index (κ3) is 4.69. The van der Waals surface area contributed by atoms with Gasteiger partial charge in [0.25, 0.3) is 0 Å². The van der Waals surface area contributed by atoms with E-state index in [1.807, 2.05) is 35.2 Å². The Morgan fingerprint density at radius 2 is 1.75 bits per heavy atom. The molecule has 0 spiro atoms. The molecular formula is C23H34N2O3. The largest absolute Gasteiger partial charge is 0.445 e. The average molecular weight is 387 g/mol. The molecule has 1 amide bonds. The van der Waals surface area contributed by atoms with Gasteiger partial charge in [0, 0.05) is 18.1 Å². The number of nitrogens with zero attached hydrogens (tertiary/aromatic N) is 1. The van der Waals surface area contributed by atoms with Gasteiger partial charge in [0.05, 0.1) is 5.60 Å². The number of hydrogen-bond donors (Lipinski definition) is 2. The highest BCUT2D eigenvalue weighted by molar-refractivity contribution is 5.69. The number of hydrogen-bond acceptors (Lipinski definition) is 4. The Labute approximate surface area is 168 Å². The van der Waals surface area contributed by atoms with Crippen LogP contribution in [0.5, 0.6) is 0 Å². The number of rotatable bonds is 6. The molecule has 1 aromatic carbocycles. The summed E-state index contributed by atoms with van der Waals surface area (Å²) in [5, 5.41) is 14.8. The standard InChI is InChI=1S/C23H34N2O3/c26-22(28-17-18-7-3-1-4-8-18)25-20-11-12-21(25)16-23(27,15-20)13-14-24-19-9-5-2-6-10-19/h1,3-4,7-8,19-21,24,27H,2,5-6,9-17H2/t20-,21+,23?. The van der Waals surface area contributed by atoms with Crippen molar-refractivity contribution in [2.45, 2.75) is 94.5 Å². The number of ether oxygens (including phenoxy) is 1. The van der Waals surface area contributed by atoms with Crippen molar-refractivity contribution in [2.24, 2.45) is 0 Å². The summed E-state index contributed by atoms with van der Waals surface area (Å²) in [6, 6.07) is 10.7. The van der Waals surface area contributed by atoms with Crippen molar-refractivity contribution in [3.8, 4) is 0 Å². The minimum atomic E-state index is -0.649. The number of amides is 1. The summed E-state index contributed by atoms with van der Waals surface area (Å²) in [6.45, 7) is 1.18. The Kier molecular flexibility index (Phi) is 6.22. The topological polar surface area (TPSA) is 61.8 Å². The summed E-state index contributed by atoms with van der Waals surface area (Å²) in [7, 11) is 0. The second-order valence-electron chi connectivity index (χ2n) is 9.00. The van der Waals surface area contributed by atoms with E-state index in [4.69, 9.17) is 4.74 Å². The van der Waals surface area contributed by atoms with Gasteiger partial charge >= 0.3 is 6.09 Å². The van der Waals surface area contributed by atoms with Gasteiger partial charge < -0.3 is 20.1 Å². The number of piperidine rings is 1. The van der Waals surface area contributed by atoms with Crippen molar-refractivity contribution in [3.05, 3.63) is 35.9 Å². The highest BCUT2D eigenvalue weighted by atomic mass is 16.6. The van der Waals surface area contributed by atoms with Crippen LogP contribution >= 0.6 is 0 Å². The van der Waals surface area contributed by atoms with E-state index in [-0.39, 0.29) is 18.2 Å². The highest BCUT2D eigenvalue weighted by Gasteiger charge is 2.49. The van der Waals surface area contributed by atoms with Crippen LogP contribution in [0, 0.1) is 0 Å². The number of fused-ring (bicyclic) bond motifs is 2. The maximum absolute atomic E-state index is 12.7. The van der Waals surface area contributed by atoms with Crippen molar-refractivity contribution in [3.63, 3.8) is 0 Å². The molecule has 1 aromatic rings. The number of carbonyl (C=O) groups is 1. The molecule has 2 N–H and O–H groups in total. The Bertz CT molecular complexity index is 631. The van der Waals surface area contributed by atoms with E-state index in [1.54, 1.807) is 0 Å². The van der Waals surface area contributed by atoms with Gasteiger partial charge in [0.2, 0.25) is 0 Å². The maximum atomic E-state index is 12.7. The zero-order valence-electron chi connectivity index (χ0n) is 16.8. The Balaban J connectivity index is 1.26. The minimum absolute atomic E-state index is 0.113. The number of nitrogens with one attached hydrogen (secondary N) is 1. The first-order chi connectivity index (χ1) is 13.6. The van der Waals surface area contributed by atoms with E-state index in [2.05, 4.69) is 5.32 Å². The predicted molar refractivity (Wildman–Crippen MR) is 109 cm³/mol. The molecule has 0 radical (unpaired) electrons. The van der Waals surface area contributed by atoms with Crippen LogP contribution in [0.25, 0.3) is 0 Å². The van der Waals surface area contributed by atoms with E-state index in [9.17, 15) is 9.90 Å². The lowest BCUT2D eigenvalue weighted by Crippen LogP contribution is -2.54. The van der Waals surface area contributed by atoms with Gasteiger partial charge in [0.1, 0.15) is 6.61 Å². The van der Waals surface area contributed by atoms with Crippen LogP contribution in [0.2, 0.25) is 0 Å². The molecule has 5 nitrogen and oxygen atoms in total. The van der Waals surface area contributed by atoms with Crippen molar-refractivity contribution in [1.82, 2.24) is 10.2 Å².